The first-order valence-electron chi connectivity index (χ1n) is 10.4. The molecule has 0 aliphatic rings. The number of nitrogens with zero attached hydrogens (tertiary/aromatic N) is 4. The van der Waals surface area contributed by atoms with E-state index >= 15 is 0 Å². The van der Waals surface area contributed by atoms with E-state index in [1.807, 2.05) is 16.7 Å². The van der Waals surface area contributed by atoms with E-state index in [-0.39, 0.29) is 11.9 Å². The van der Waals surface area contributed by atoms with Gasteiger partial charge in [-0.1, -0.05) is 38.1 Å². The first-order chi connectivity index (χ1) is 14.7. The van der Waals surface area contributed by atoms with Crippen molar-refractivity contribution in [1.82, 2.24) is 25.4 Å². The smallest absolute Gasteiger partial charge is 0.191 e. The number of guanidine groups is 1. The second-order valence-electron chi connectivity index (χ2n) is 6.91. The number of aromatic nitrogens is 3. The SMILES string of the molecule is CCc1nncn1CCNC(=NCCc1ccccc1F)NC(CC)c1cccs1. The Bertz CT molecular complexity index is 921. The monoisotopic (exact) mass is 428 g/mol. The van der Waals surface area contributed by atoms with E-state index in [4.69, 9.17) is 4.99 Å². The average Bonchev–Trinajstić information content (AvgIpc) is 3.45. The number of aliphatic imine (C=N–C) groups is 1. The molecule has 0 saturated heterocycles. The first-order valence-corrected chi connectivity index (χ1v) is 11.3. The third kappa shape index (κ3) is 6.13. The normalized spacial score (nSPS) is 12.7. The van der Waals surface area contributed by atoms with Crippen molar-refractivity contribution in [3.05, 3.63) is 70.2 Å². The summed E-state index contributed by atoms with van der Waals surface area (Å²) in [6, 6.07) is 11.2. The van der Waals surface area contributed by atoms with Crippen molar-refractivity contribution < 1.29 is 4.39 Å². The van der Waals surface area contributed by atoms with Gasteiger partial charge < -0.3 is 15.2 Å². The van der Waals surface area contributed by atoms with Gasteiger partial charge in [-0.05, 0) is 35.9 Å². The highest BCUT2D eigenvalue weighted by atomic mass is 32.1. The van der Waals surface area contributed by atoms with Crippen LogP contribution in [0.5, 0.6) is 0 Å². The Morgan fingerprint density at radius 2 is 2.10 bits per heavy atom. The standard InChI is InChI=1S/C22H29FN6S/c1-3-19(20-10-7-15-30-20)27-22(24-12-11-17-8-5-6-9-18(17)23)25-13-14-29-16-26-28-21(29)4-2/h5-10,15-16,19H,3-4,11-14H2,1-2H3,(H2,24,25,27). The first kappa shape index (κ1) is 22.0. The van der Waals surface area contributed by atoms with E-state index in [1.165, 1.54) is 10.9 Å². The van der Waals surface area contributed by atoms with Gasteiger partial charge in [0, 0.05) is 30.9 Å². The lowest BCUT2D eigenvalue weighted by molar-refractivity contribution is 0.593. The summed E-state index contributed by atoms with van der Waals surface area (Å²) in [6.07, 6.45) is 4.10. The van der Waals surface area contributed by atoms with Gasteiger partial charge in [0.1, 0.15) is 18.0 Å². The molecular weight excluding hydrogens is 399 g/mol. The van der Waals surface area contributed by atoms with E-state index < -0.39 is 0 Å². The molecule has 2 aromatic heterocycles. The van der Waals surface area contributed by atoms with Crippen molar-refractivity contribution in [3.63, 3.8) is 0 Å². The molecule has 0 bridgehead atoms. The van der Waals surface area contributed by atoms with E-state index in [9.17, 15) is 4.39 Å². The fourth-order valence-corrected chi connectivity index (χ4v) is 4.07. The van der Waals surface area contributed by atoms with Crippen LogP contribution in [0.25, 0.3) is 0 Å². The van der Waals surface area contributed by atoms with E-state index in [2.05, 4.69) is 52.2 Å². The predicted molar refractivity (Wildman–Crippen MR) is 120 cm³/mol. The van der Waals surface area contributed by atoms with Crippen molar-refractivity contribution in [2.24, 2.45) is 4.99 Å². The molecule has 3 aromatic rings. The summed E-state index contributed by atoms with van der Waals surface area (Å²) in [6.45, 7) is 6.17. The molecule has 1 atom stereocenters. The molecule has 0 spiro atoms. The quantitative estimate of drug-likeness (QED) is 0.379. The van der Waals surface area contributed by atoms with Crippen molar-refractivity contribution in [2.45, 2.75) is 45.7 Å². The third-order valence-electron chi connectivity index (χ3n) is 4.87. The minimum absolute atomic E-state index is 0.181. The van der Waals surface area contributed by atoms with Crippen LogP contribution in [0.3, 0.4) is 0 Å². The number of nitrogens with one attached hydrogen (secondary N) is 2. The Labute approximate surface area is 181 Å². The van der Waals surface area contributed by atoms with Gasteiger partial charge in [0.25, 0.3) is 0 Å². The van der Waals surface area contributed by atoms with Crippen LogP contribution < -0.4 is 10.6 Å². The molecule has 8 heteroatoms. The van der Waals surface area contributed by atoms with E-state index in [0.717, 1.165) is 31.2 Å². The van der Waals surface area contributed by atoms with Crippen LogP contribution >= 0.6 is 11.3 Å². The molecular formula is C22H29FN6S. The lowest BCUT2D eigenvalue weighted by Crippen LogP contribution is -2.41. The van der Waals surface area contributed by atoms with Crippen LogP contribution in [0.4, 0.5) is 4.39 Å². The lowest BCUT2D eigenvalue weighted by atomic mass is 10.1. The summed E-state index contributed by atoms with van der Waals surface area (Å²) in [5.74, 6) is 1.52. The van der Waals surface area contributed by atoms with E-state index in [1.54, 1.807) is 23.7 Å². The highest BCUT2D eigenvalue weighted by Crippen LogP contribution is 2.21. The summed E-state index contributed by atoms with van der Waals surface area (Å²) < 4.78 is 15.9. The molecule has 0 aliphatic heterocycles. The molecule has 3 rings (SSSR count). The number of aryl methyl sites for hydroxylation is 1. The fourth-order valence-electron chi connectivity index (χ4n) is 3.21. The minimum Gasteiger partial charge on any atom is -0.355 e. The van der Waals surface area contributed by atoms with Crippen LogP contribution in [0.2, 0.25) is 0 Å². The Hall–Kier alpha value is -2.74. The van der Waals surface area contributed by atoms with Gasteiger partial charge in [-0.3, -0.25) is 4.99 Å². The maximum atomic E-state index is 13.9. The van der Waals surface area contributed by atoms with Crippen LogP contribution in [-0.2, 0) is 19.4 Å². The number of halogens is 1. The number of benzene rings is 1. The van der Waals surface area contributed by atoms with Crippen molar-refractivity contribution in [2.75, 3.05) is 13.1 Å². The highest BCUT2D eigenvalue weighted by molar-refractivity contribution is 7.10. The Morgan fingerprint density at radius 3 is 2.83 bits per heavy atom. The molecule has 0 amide bonds. The maximum absolute atomic E-state index is 13.9. The van der Waals surface area contributed by atoms with Crippen LogP contribution in [0.1, 0.15) is 42.6 Å². The summed E-state index contributed by atoms with van der Waals surface area (Å²) in [5, 5.41) is 17.1. The maximum Gasteiger partial charge on any atom is 0.191 e. The topological polar surface area (TPSA) is 67.1 Å². The van der Waals surface area contributed by atoms with E-state index in [0.29, 0.717) is 25.1 Å². The molecule has 0 saturated carbocycles. The summed E-state index contributed by atoms with van der Waals surface area (Å²) >= 11 is 1.73. The van der Waals surface area contributed by atoms with Gasteiger partial charge in [-0.25, -0.2) is 4.39 Å². The largest absolute Gasteiger partial charge is 0.355 e. The average molecular weight is 429 g/mol. The van der Waals surface area contributed by atoms with Crippen molar-refractivity contribution in [1.29, 1.82) is 0 Å². The van der Waals surface area contributed by atoms with Gasteiger partial charge in [0.2, 0.25) is 0 Å². The zero-order valence-corrected chi connectivity index (χ0v) is 18.3. The molecule has 1 unspecified atom stereocenters. The van der Waals surface area contributed by atoms with Crippen molar-refractivity contribution >= 4 is 17.3 Å². The molecule has 160 valence electrons. The third-order valence-corrected chi connectivity index (χ3v) is 5.86. The molecule has 30 heavy (non-hydrogen) atoms. The Kier molecular flexibility index (Phi) is 8.38. The molecule has 0 fully saturated rings. The fraction of sp³-hybridized carbons (Fsp3) is 0.409. The Morgan fingerprint density at radius 1 is 1.23 bits per heavy atom. The minimum atomic E-state index is -0.181. The molecule has 0 radical (unpaired) electrons. The zero-order chi connectivity index (χ0) is 21.2. The number of hydrogen-bond acceptors (Lipinski definition) is 4. The second-order valence-corrected chi connectivity index (χ2v) is 7.89. The summed E-state index contributed by atoms with van der Waals surface area (Å²) in [7, 11) is 0. The highest BCUT2D eigenvalue weighted by Gasteiger charge is 2.12. The number of rotatable bonds is 10. The van der Waals surface area contributed by atoms with Crippen LogP contribution in [0, 0.1) is 5.82 Å². The molecule has 2 heterocycles. The summed E-state index contributed by atoms with van der Waals surface area (Å²) in [4.78, 5) is 5.98. The zero-order valence-electron chi connectivity index (χ0n) is 17.5. The molecule has 6 nitrogen and oxygen atoms in total. The van der Waals surface area contributed by atoms with Crippen LogP contribution in [0.15, 0.2) is 53.1 Å². The van der Waals surface area contributed by atoms with Crippen LogP contribution in [-0.4, -0.2) is 33.8 Å². The number of thiophene rings is 1. The van der Waals surface area contributed by atoms with Gasteiger partial charge in [0.15, 0.2) is 5.96 Å². The van der Waals surface area contributed by atoms with Crippen molar-refractivity contribution in [3.8, 4) is 0 Å². The number of hydrogen-bond donors (Lipinski definition) is 2. The molecule has 0 aliphatic carbocycles. The van der Waals surface area contributed by atoms with Gasteiger partial charge in [-0.2, -0.15) is 0 Å². The van der Waals surface area contributed by atoms with Gasteiger partial charge >= 0.3 is 0 Å². The molecule has 2 N–H and O–H groups in total. The molecule has 1 aromatic carbocycles. The summed E-state index contributed by atoms with van der Waals surface area (Å²) in [5.41, 5.74) is 0.683. The predicted octanol–water partition coefficient (Wildman–Crippen LogP) is 3.97. The van der Waals surface area contributed by atoms with Gasteiger partial charge in [-0.15, -0.1) is 21.5 Å². The Balaban J connectivity index is 1.64. The lowest BCUT2D eigenvalue weighted by Gasteiger charge is -2.20. The van der Waals surface area contributed by atoms with Gasteiger partial charge in [0.05, 0.1) is 6.04 Å². The second kappa shape index (κ2) is 11.4.